The molecule has 0 fully saturated rings. The van der Waals surface area contributed by atoms with Gasteiger partial charge in [-0.3, -0.25) is 0 Å². The van der Waals surface area contributed by atoms with E-state index in [1.807, 2.05) is 0 Å². The summed E-state index contributed by atoms with van der Waals surface area (Å²) >= 11 is 0. The first-order valence-corrected chi connectivity index (χ1v) is 6.69. The van der Waals surface area contributed by atoms with Crippen molar-refractivity contribution in [1.29, 1.82) is 0 Å². The molecule has 0 saturated heterocycles. The van der Waals surface area contributed by atoms with Crippen LogP contribution in [0.2, 0.25) is 0 Å². The Morgan fingerprint density at radius 3 is 0.370 bits per heavy atom. The van der Waals surface area contributed by atoms with E-state index in [0.717, 1.165) is 0 Å². The molecule has 0 rings (SSSR count). The van der Waals surface area contributed by atoms with Crippen molar-refractivity contribution in [1.82, 2.24) is 0 Å². The number of hydrogen-bond acceptors (Lipinski definition) is 12. The smallest absolute Gasteiger partial charge is 0.876 e. The zero-order valence-electron chi connectivity index (χ0n) is 15.2. The normalized spacial score (nSPS) is 10.7. The van der Waals surface area contributed by atoms with Crippen LogP contribution >= 0.6 is 0 Å². The summed E-state index contributed by atoms with van der Waals surface area (Å²) in [6, 6.07) is 0. The SMILES string of the molecule is CCC([O-])([O-])[O-].CCC([O-])([O-])[O-].CCC([O-])([O-])[O-].CCC([O-])([O-])[O-].[Zr+4].[Zr+4].[Zr+4]. The van der Waals surface area contributed by atoms with E-state index < -0.39 is 49.6 Å². The van der Waals surface area contributed by atoms with E-state index in [1.54, 1.807) is 0 Å². The van der Waals surface area contributed by atoms with Crippen LogP contribution in [-0.4, -0.2) is 23.9 Å². The molecule has 0 aliphatic rings. The summed E-state index contributed by atoms with van der Waals surface area (Å²) in [6.45, 7) is 5.08. The second kappa shape index (κ2) is 22.8. The maximum Gasteiger partial charge on any atom is 4.00 e. The van der Waals surface area contributed by atoms with Gasteiger partial charge in [0.1, 0.15) is 0 Å². The molecule has 0 amide bonds. The zero-order valence-corrected chi connectivity index (χ0v) is 22.6. The second-order valence-corrected chi connectivity index (χ2v) is 4.15. The molecule has 0 aromatic rings. The molecule has 0 aromatic carbocycles. The summed E-state index contributed by atoms with van der Waals surface area (Å²) in [4.78, 5) is 0. The van der Waals surface area contributed by atoms with Crippen molar-refractivity contribution >= 4 is 0 Å². The van der Waals surface area contributed by atoms with Gasteiger partial charge in [-0.1, -0.05) is 53.4 Å². The van der Waals surface area contributed by atoms with Gasteiger partial charge in [0.2, 0.25) is 0 Å². The van der Waals surface area contributed by atoms with Gasteiger partial charge >= 0.3 is 78.6 Å². The third-order valence-electron chi connectivity index (χ3n) is 1.73. The largest absolute Gasteiger partial charge is 4.00 e. The summed E-state index contributed by atoms with van der Waals surface area (Å²) in [6.07, 6.45) is -1.58. The standard InChI is InChI=1S/4C3H5O3.3Zr/c4*1-2-3(4,5)6;;;/h4*2H2,1H3;;;/q4*-3;3*+4. The minimum Gasteiger partial charge on any atom is -0.876 e. The average molecular weight is 630 g/mol. The van der Waals surface area contributed by atoms with Crippen molar-refractivity contribution in [2.45, 2.75) is 77.3 Å². The molecular weight excluding hydrogens is 610 g/mol. The van der Waals surface area contributed by atoms with Gasteiger partial charge in [-0.05, 0) is 0 Å². The average Bonchev–Trinajstić information content (AvgIpc) is 2.37. The van der Waals surface area contributed by atoms with Crippen LogP contribution in [0.1, 0.15) is 53.4 Å². The first kappa shape index (κ1) is 47.1. The van der Waals surface area contributed by atoms with Gasteiger partial charge in [0.25, 0.3) is 0 Å². The quantitative estimate of drug-likeness (QED) is 0.262. The minimum atomic E-state index is -3.21. The van der Waals surface area contributed by atoms with E-state index in [2.05, 4.69) is 0 Å². The van der Waals surface area contributed by atoms with Crippen LogP contribution < -0.4 is 61.3 Å². The molecule has 0 saturated carbocycles. The van der Waals surface area contributed by atoms with Crippen molar-refractivity contribution in [3.63, 3.8) is 0 Å². The molecule has 27 heavy (non-hydrogen) atoms. The molecule has 152 valence electrons. The Kier molecular flexibility index (Phi) is 39.8. The Hall–Kier alpha value is 2.17. The predicted molar refractivity (Wildman–Crippen MR) is 52.1 cm³/mol. The topological polar surface area (TPSA) is 277 Å². The summed E-state index contributed by atoms with van der Waals surface area (Å²) in [5, 5.41) is 112. The number of rotatable bonds is 4. The Balaban J connectivity index is -0.0000000381. The van der Waals surface area contributed by atoms with Gasteiger partial charge in [-0.2, -0.15) is 0 Å². The van der Waals surface area contributed by atoms with Gasteiger partial charge < -0.3 is 85.2 Å². The maximum absolute atomic E-state index is 9.36. The Bertz CT molecular complexity index is 213. The van der Waals surface area contributed by atoms with E-state index in [1.165, 1.54) is 27.7 Å². The van der Waals surface area contributed by atoms with Gasteiger partial charge in [-0.15, -0.1) is 0 Å². The Morgan fingerprint density at radius 2 is 0.370 bits per heavy atom. The minimum absolute atomic E-state index is 0. The van der Waals surface area contributed by atoms with Crippen molar-refractivity contribution in [3.05, 3.63) is 0 Å². The molecule has 0 aliphatic carbocycles. The van der Waals surface area contributed by atoms with Crippen LogP contribution in [0.5, 0.6) is 0 Å². The first-order valence-electron chi connectivity index (χ1n) is 6.69. The molecule has 0 aliphatic heterocycles. The molecule has 0 unspecified atom stereocenters. The molecule has 0 heterocycles. The third kappa shape index (κ3) is 96.1. The summed E-state index contributed by atoms with van der Waals surface area (Å²) in [5.74, 6) is -12.8. The zero-order chi connectivity index (χ0) is 20.8. The molecule has 0 bridgehead atoms. The second-order valence-electron chi connectivity index (χ2n) is 4.15. The molecule has 0 atom stereocenters. The van der Waals surface area contributed by atoms with Gasteiger partial charge in [0, 0.05) is 0 Å². The molecule has 0 spiro atoms. The van der Waals surface area contributed by atoms with E-state index >= 15 is 0 Å². The maximum atomic E-state index is 9.36. The van der Waals surface area contributed by atoms with E-state index in [0.29, 0.717) is 0 Å². The van der Waals surface area contributed by atoms with Crippen molar-refractivity contribution in [3.8, 4) is 0 Å². The predicted octanol–water partition coefficient (Wildman–Crippen LogP) is -11.5. The molecular formula is C12H20O12Zr3. The molecule has 15 heteroatoms. The number of hydrogen-bond donors (Lipinski definition) is 0. The van der Waals surface area contributed by atoms with E-state index in [-0.39, 0.29) is 78.6 Å². The van der Waals surface area contributed by atoms with Gasteiger partial charge in [0.05, 0.1) is 0 Å². The van der Waals surface area contributed by atoms with E-state index in [4.69, 9.17) is 0 Å². The molecule has 0 N–H and O–H groups in total. The van der Waals surface area contributed by atoms with Crippen LogP contribution in [0, 0.1) is 0 Å². The Morgan fingerprint density at radius 1 is 0.333 bits per heavy atom. The van der Waals surface area contributed by atoms with Gasteiger partial charge in [-0.25, -0.2) is 0 Å². The van der Waals surface area contributed by atoms with Crippen LogP contribution in [0.15, 0.2) is 0 Å². The summed E-state index contributed by atoms with van der Waals surface area (Å²) in [7, 11) is 0. The first-order chi connectivity index (χ1) is 10.2. The van der Waals surface area contributed by atoms with Crippen molar-refractivity contribution in [2.24, 2.45) is 0 Å². The fourth-order valence-electron chi connectivity index (χ4n) is 0. The molecule has 0 radical (unpaired) electrons. The Labute approximate surface area is 215 Å². The summed E-state index contributed by atoms with van der Waals surface area (Å²) in [5.41, 5.74) is 0. The summed E-state index contributed by atoms with van der Waals surface area (Å²) < 4.78 is 0. The van der Waals surface area contributed by atoms with Crippen LogP contribution in [0.25, 0.3) is 0 Å². The molecule has 0 aromatic heterocycles. The van der Waals surface area contributed by atoms with Crippen LogP contribution in [-0.2, 0) is 78.6 Å². The fourth-order valence-corrected chi connectivity index (χ4v) is 0. The van der Waals surface area contributed by atoms with E-state index in [9.17, 15) is 61.3 Å². The van der Waals surface area contributed by atoms with Gasteiger partial charge in [0.15, 0.2) is 0 Å². The fraction of sp³-hybridized carbons (Fsp3) is 1.00. The van der Waals surface area contributed by atoms with Crippen molar-refractivity contribution in [2.75, 3.05) is 0 Å². The molecule has 12 nitrogen and oxygen atoms in total. The van der Waals surface area contributed by atoms with Crippen LogP contribution in [0.3, 0.4) is 0 Å². The monoisotopic (exact) mass is 626 g/mol. The van der Waals surface area contributed by atoms with Crippen LogP contribution in [0.4, 0.5) is 0 Å². The van der Waals surface area contributed by atoms with Crippen molar-refractivity contribution < 1.29 is 140 Å². The third-order valence-corrected chi connectivity index (χ3v) is 1.73.